The molecular weight excluding hydrogens is 436 g/mol. The number of quaternary nitrogens is 1. The van der Waals surface area contributed by atoms with Crippen LogP contribution in [0.3, 0.4) is 0 Å². The molecular formula is C30H41N2OS+. The second-order valence-corrected chi connectivity index (χ2v) is 11.8. The van der Waals surface area contributed by atoms with E-state index in [1.165, 1.54) is 61.0 Å². The first-order valence-corrected chi connectivity index (χ1v) is 14.1. The van der Waals surface area contributed by atoms with Gasteiger partial charge in [0.1, 0.15) is 6.54 Å². The van der Waals surface area contributed by atoms with Crippen molar-refractivity contribution in [3.05, 3.63) is 89.1 Å². The molecule has 3 nitrogen and oxygen atoms in total. The Bertz CT molecular complexity index is 990. The molecule has 0 radical (unpaired) electrons. The van der Waals surface area contributed by atoms with Gasteiger partial charge >= 0.3 is 0 Å². The fraction of sp³-hybridized carbons (Fsp3) is 0.500. The zero-order valence-corrected chi connectivity index (χ0v) is 22.0. The third-order valence-corrected chi connectivity index (χ3v) is 8.26. The predicted molar refractivity (Wildman–Crippen MR) is 144 cm³/mol. The predicted octanol–water partition coefficient (Wildman–Crippen LogP) is 7.60. The monoisotopic (exact) mass is 477 g/mol. The van der Waals surface area contributed by atoms with Gasteiger partial charge in [-0.25, -0.2) is 4.98 Å². The zero-order valence-electron chi connectivity index (χ0n) is 21.2. The molecule has 0 bridgehead atoms. The molecule has 1 aliphatic carbocycles. The van der Waals surface area contributed by atoms with Gasteiger partial charge in [-0.05, 0) is 42.6 Å². The van der Waals surface area contributed by atoms with Crippen LogP contribution in [0.25, 0.3) is 0 Å². The van der Waals surface area contributed by atoms with E-state index in [9.17, 15) is 0 Å². The highest BCUT2D eigenvalue weighted by Crippen LogP contribution is 2.40. The summed E-state index contributed by atoms with van der Waals surface area (Å²) in [6.45, 7) is 4.18. The molecule has 1 aliphatic rings. The summed E-state index contributed by atoms with van der Waals surface area (Å²) in [4.78, 5) is 4.82. The smallest absolute Gasteiger partial charge is 0.202 e. The van der Waals surface area contributed by atoms with Crippen molar-refractivity contribution in [3.8, 4) is 0 Å². The Labute approximate surface area is 210 Å². The number of thioether (sulfide) groups is 1. The van der Waals surface area contributed by atoms with Crippen LogP contribution in [0.15, 0.2) is 65.2 Å². The van der Waals surface area contributed by atoms with Crippen molar-refractivity contribution in [3.63, 3.8) is 0 Å². The SMILES string of the molecule is Cc1ccc(CSCCC[N+](C)(C)Cc2cnc(C(c3ccccc3)C3CCCCC3)o2)cc1. The fourth-order valence-corrected chi connectivity index (χ4v) is 6.16. The van der Waals surface area contributed by atoms with Gasteiger partial charge in [0.05, 0.1) is 32.8 Å². The summed E-state index contributed by atoms with van der Waals surface area (Å²) in [6.07, 6.45) is 9.77. The van der Waals surface area contributed by atoms with Crippen LogP contribution in [0, 0.1) is 12.8 Å². The lowest BCUT2D eigenvalue weighted by molar-refractivity contribution is -0.904. The maximum Gasteiger partial charge on any atom is 0.202 e. The lowest BCUT2D eigenvalue weighted by Crippen LogP contribution is -2.39. The highest BCUT2D eigenvalue weighted by atomic mass is 32.2. The van der Waals surface area contributed by atoms with Crippen molar-refractivity contribution in [1.82, 2.24) is 4.98 Å². The van der Waals surface area contributed by atoms with Crippen LogP contribution in [0.5, 0.6) is 0 Å². The standard InChI is InChI=1S/C30H41N2OS/c1-24-15-17-25(18-16-24)23-34-20-10-19-32(2,3)22-28-21-31-30(33-28)29(26-11-6-4-7-12-26)27-13-8-5-9-14-27/h4,6-7,11-12,15-18,21,27,29H,5,8-10,13-14,19-20,22-23H2,1-3H3/q+1. The molecule has 182 valence electrons. The van der Waals surface area contributed by atoms with Crippen LogP contribution in [-0.2, 0) is 12.3 Å². The van der Waals surface area contributed by atoms with Gasteiger partial charge in [-0.15, -0.1) is 0 Å². The number of aryl methyl sites for hydroxylation is 1. The third kappa shape index (κ3) is 7.23. The summed E-state index contributed by atoms with van der Waals surface area (Å²) in [5, 5.41) is 0. The molecule has 1 unspecified atom stereocenters. The van der Waals surface area contributed by atoms with Gasteiger partial charge in [0.2, 0.25) is 5.89 Å². The normalized spacial score (nSPS) is 16.0. The van der Waals surface area contributed by atoms with Crippen LogP contribution in [0.4, 0.5) is 0 Å². The van der Waals surface area contributed by atoms with Crippen LogP contribution in [0.2, 0.25) is 0 Å². The molecule has 0 aliphatic heterocycles. The quantitative estimate of drug-likeness (QED) is 0.210. The number of rotatable bonds is 11. The molecule has 34 heavy (non-hydrogen) atoms. The number of oxazole rings is 1. The molecule has 1 aromatic heterocycles. The molecule has 0 saturated heterocycles. The van der Waals surface area contributed by atoms with E-state index in [1.807, 2.05) is 18.0 Å². The van der Waals surface area contributed by atoms with E-state index in [0.29, 0.717) is 5.92 Å². The maximum absolute atomic E-state index is 6.45. The highest BCUT2D eigenvalue weighted by molar-refractivity contribution is 7.98. The Morgan fingerprint density at radius 1 is 1.00 bits per heavy atom. The van der Waals surface area contributed by atoms with Gasteiger partial charge in [-0.1, -0.05) is 79.4 Å². The van der Waals surface area contributed by atoms with Crippen molar-refractivity contribution >= 4 is 11.8 Å². The first kappa shape index (κ1) is 25.1. The average Bonchev–Trinajstić information content (AvgIpc) is 3.28. The molecule has 1 atom stereocenters. The van der Waals surface area contributed by atoms with E-state index >= 15 is 0 Å². The summed E-state index contributed by atoms with van der Waals surface area (Å²) in [6, 6.07) is 19.8. The largest absolute Gasteiger partial charge is 0.439 e. The van der Waals surface area contributed by atoms with Gasteiger partial charge in [-0.3, -0.25) is 0 Å². The Kier molecular flexibility index (Phi) is 8.91. The molecule has 0 N–H and O–H groups in total. The fourth-order valence-electron chi connectivity index (χ4n) is 5.25. The van der Waals surface area contributed by atoms with Gasteiger partial charge in [0, 0.05) is 12.2 Å². The van der Waals surface area contributed by atoms with E-state index < -0.39 is 0 Å². The number of benzene rings is 2. The maximum atomic E-state index is 6.45. The van der Waals surface area contributed by atoms with Crippen LogP contribution >= 0.6 is 11.8 Å². The Morgan fingerprint density at radius 3 is 2.47 bits per heavy atom. The summed E-state index contributed by atoms with van der Waals surface area (Å²) in [5.41, 5.74) is 4.10. The van der Waals surface area contributed by atoms with E-state index in [2.05, 4.69) is 75.6 Å². The number of hydrogen-bond acceptors (Lipinski definition) is 3. The first-order valence-electron chi connectivity index (χ1n) is 12.9. The third-order valence-electron chi connectivity index (χ3n) is 7.14. The van der Waals surface area contributed by atoms with Crippen molar-refractivity contribution in [2.45, 2.75) is 63.7 Å². The van der Waals surface area contributed by atoms with Gasteiger partial charge in [0.15, 0.2) is 5.76 Å². The van der Waals surface area contributed by atoms with E-state index in [-0.39, 0.29) is 5.92 Å². The topological polar surface area (TPSA) is 26.0 Å². The minimum atomic E-state index is 0.282. The molecule has 1 fully saturated rings. The Hall–Kier alpha value is -2.04. The Morgan fingerprint density at radius 2 is 1.74 bits per heavy atom. The molecule has 1 heterocycles. The van der Waals surface area contributed by atoms with Crippen molar-refractivity contribution in [1.29, 1.82) is 0 Å². The first-order chi connectivity index (χ1) is 16.5. The molecule has 1 saturated carbocycles. The molecule has 0 amide bonds. The van der Waals surface area contributed by atoms with Crippen LogP contribution in [0.1, 0.15) is 72.8 Å². The number of aromatic nitrogens is 1. The molecule has 0 spiro atoms. The minimum absolute atomic E-state index is 0.282. The zero-order chi connectivity index (χ0) is 23.8. The minimum Gasteiger partial charge on any atom is -0.439 e. The van der Waals surface area contributed by atoms with Crippen LogP contribution < -0.4 is 0 Å². The van der Waals surface area contributed by atoms with E-state index in [4.69, 9.17) is 9.40 Å². The lowest BCUT2D eigenvalue weighted by Gasteiger charge is -2.29. The van der Waals surface area contributed by atoms with E-state index in [0.717, 1.165) is 35.0 Å². The number of nitrogens with zero attached hydrogens (tertiary/aromatic N) is 2. The summed E-state index contributed by atoms with van der Waals surface area (Å²) in [7, 11) is 4.62. The van der Waals surface area contributed by atoms with Gasteiger partial charge < -0.3 is 8.90 Å². The summed E-state index contributed by atoms with van der Waals surface area (Å²) in [5.74, 6) is 5.14. The number of hydrogen-bond donors (Lipinski definition) is 0. The molecule has 4 rings (SSSR count). The van der Waals surface area contributed by atoms with Gasteiger partial charge in [-0.2, -0.15) is 11.8 Å². The van der Waals surface area contributed by atoms with Crippen molar-refractivity contribution < 1.29 is 8.90 Å². The van der Waals surface area contributed by atoms with Crippen LogP contribution in [-0.4, -0.2) is 35.9 Å². The van der Waals surface area contributed by atoms with Crippen molar-refractivity contribution in [2.75, 3.05) is 26.4 Å². The second kappa shape index (κ2) is 12.1. The lowest BCUT2D eigenvalue weighted by atomic mass is 9.77. The molecule has 3 aromatic rings. The van der Waals surface area contributed by atoms with Gasteiger partial charge in [0.25, 0.3) is 0 Å². The molecule has 2 aromatic carbocycles. The second-order valence-electron chi connectivity index (χ2n) is 10.7. The summed E-state index contributed by atoms with van der Waals surface area (Å²) < 4.78 is 7.38. The summed E-state index contributed by atoms with van der Waals surface area (Å²) >= 11 is 2.03. The van der Waals surface area contributed by atoms with E-state index in [1.54, 1.807) is 0 Å². The average molecular weight is 478 g/mol. The Balaban J connectivity index is 1.31. The van der Waals surface area contributed by atoms with Crippen molar-refractivity contribution in [2.24, 2.45) is 5.92 Å². The highest BCUT2D eigenvalue weighted by Gasteiger charge is 2.31. The molecule has 4 heteroatoms.